The standard InChI is InChI=1S/C12H18N4O2S/c1-9-12(10(2)15(3)14-9)19(17,18)16-6-4-11(8-13)5-7-16/h11H,4-7H2,1-3H3. The molecule has 0 spiro atoms. The van der Waals surface area contributed by atoms with Gasteiger partial charge >= 0.3 is 0 Å². The van der Waals surface area contributed by atoms with Gasteiger partial charge in [0.2, 0.25) is 10.0 Å². The minimum atomic E-state index is -3.49. The van der Waals surface area contributed by atoms with Crippen LogP contribution in [0.4, 0.5) is 0 Å². The van der Waals surface area contributed by atoms with Crippen LogP contribution in [-0.4, -0.2) is 35.6 Å². The quantitative estimate of drug-likeness (QED) is 0.809. The van der Waals surface area contributed by atoms with Crippen LogP contribution in [-0.2, 0) is 17.1 Å². The zero-order valence-corrected chi connectivity index (χ0v) is 12.2. The summed E-state index contributed by atoms with van der Waals surface area (Å²) in [6, 6.07) is 2.20. The number of piperidine rings is 1. The van der Waals surface area contributed by atoms with Gasteiger partial charge in [-0.15, -0.1) is 0 Å². The van der Waals surface area contributed by atoms with E-state index in [2.05, 4.69) is 11.2 Å². The van der Waals surface area contributed by atoms with Crippen LogP contribution in [0.15, 0.2) is 4.90 Å². The van der Waals surface area contributed by atoms with Gasteiger partial charge in [-0.25, -0.2) is 8.42 Å². The molecule has 1 aliphatic rings. The van der Waals surface area contributed by atoms with Gasteiger partial charge in [-0.05, 0) is 26.7 Å². The number of nitrogens with zero attached hydrogens (tertiary/aromatic N) is 4. The average Bonchev–Trinajstić information content (AvgIpc) is 2.63. The highest BCUT2D eigenvalue weighted by molar-refractivity contribution is 7.89. The summed E-state index contributed by atoms with van der Waals surface area (Å²) in [4.78, 5) is 0.311. The van der Waals surface area contributed by atoms with Gasteiger partial charge in [0.05, 0.1) is 17.5 Å². The van der Waals surface area contributed by atoms with Gasteiger partial charge in [0.15, 0.2) is 0 Å². The normalized spacial score (nSPS) is 18.4. The number of aromatic nitrogens is 2. The van der Waals surface area contributed by atoms with Crippen molar-refractivity contribution in [2.45, 2.75) is 31.6 Å². The van der Waals surface area contributed by atoms with Crippen molar-refractivity contribution in [3.05, 3.63) is 11.4 Å². The molecule has 0 saturated carbocycles. The fraction of sp³-hybridized carbons (Fsp3) is 0.667. The van der Waals surface area contributed by atoms with E-state index in [1.807, 2.05) is 0 Å². The Kier molecular flexibility index (Phi) is 3.65. The molecule has 0 amide bonds. The lowest BCUT2D eigenvalue weighted by atomic mass is 10.0. The number of hydrogen-bond donors (Lipinski definition) is 0. The maximum atomic E-state index is 12.6. The molecule has 19 heavy (non-hydrogen) atoms. The molecule has 0 bridgehead atoms. The largest absolute Gasteiger partial charge is 0.271 e. The molecule has 1 aliphatic heterocycles. The van der Waals surface area contributed by atoms with Crippen molar-refractivity contribution in [1.82, 2.24) is 14.1 Å². The van der Waals surface area contributed by atoms with Crippen molar-refractivity contribution >= 4 is 10.0 Å². The van der Waals surface area contributed by atoms with E-state index in [-0.39, 0.29) is 5.92 Å². The van der Waals surface area contributed by atoms with E-state index in [4.69, 9.17) is 5.26 Å². The molecule has 1 saturated heterocycles. The van der Waals surface area contributed by atoms with E-state index in [9.17, 15) is 8.42 Å². The molecule has 6 nitrogen and oxygen atoms in total. The van der Waals surface area contributed by atoms with Crippen molar-refractivity contribution in [3.63, 3.8) is 0 Å². The van der Waals surface area contributed by atoms with E-state index < -0.39 is 10.0 Å². The lowest BCUT2D eigenvalue weighted by Crippen LogP contribution is -2.38. The zero-order chi connectivity index (χ0) is 14.2. The first-order chi connectivity index (χ1) is 8.87. The molecule has 2 heterocycles. The van der Waals surface area contributed by atoms with Crippen LogP contribution < -0.4 is 0 Å². The van der Waals surface area contributed by atoms with Crippen LogP contribution in [0.25, 0.3) is 0 Å². The summed E-state index contributed by atoms with van der Waals surface area (Å²) in [6.07, 6.45) is 1.21. The molecule has 0 unspecified atom stereocenters. The van der Waals surface area contributed by atoms with Gasteiger partial charge in [-0.2, -0.15) is 14.7 Å². The lowest BCUT2D eigenvalue weighted by molar-refractivity contribution is 0.309. The first kappa shape index (κ1) is 14.0. The zero-order valence-electron chi connectivity index (χ0n) is 11.4. The molecule has 0 atom stereocenters. The first-order valence-corrected chi connectivity index (χ1v) is 7.72. The van der Waals surface area contributed by atoms with Crippen molar-refractivity contribution in [2.24, 2.45) is 13.0 Å². The second-order valence-electron chi connectivity index (χ2n) is 4.93. The molecule has 104 valence electrons. The maximum Gasteiger partial charge on any atom is 0.246 e. The number of aryl methyl sites for hydroxylation is 2. The van der Waals surface area contributed by atoms with Gasteiger partial charge in [-0.1, -0.05) is 0 Å². The second-order valence-corrected chi connectivity index (χ2v) is 6.81. The van der Waals surface area contributed by atoms with Crippen LogP contribution in [0, 0.1) is 31.1 Å². The topological polar surface area (TPSA) is 79.0 Å². The Morgan fingerprint density at radius 1 is 1.32 bits per heavy atom. The van der Waals surface area contributed by atoms with Gasteiger partial charge in [0.25, 0.3) is 0 Å². The van der Waals surface area contributed by atoms with Crippen molar-refractivity contribution in [3.8, 4) is 6.07 Å². The molecule has 0 aliphatic carbocycles. The van der Waals surface area contributed by atoms with Crippen LogP contribution in [0.3, 0.4) is 0 Å². The van der Waals surface area contributed by atoms with Crippen molar-refractivity contribution in [2.75, 3.05) is 13.1 Å². The fourth-order valence-electron chi connectivity index (χ4n) is 2.48. The maximum absolute atomic E-state index is 12.6. The van der Waals surface area contributed by atoms with Gasteiger partial charge < -0.3 is 0 Å². The average molecular weight is 282 g/mol. The summed E-state index contributed by atoms with van der Waals surface area (Å²) in [5.41, 5.74) is 1.18. The summed E-state index contributed by atoms with van der Waals surface area (Å²) in [5, 5.41) is 13.0. The Hall–Kier alpha value is -1.39. The molecule has 1 fully saturated rings. The summed E-state index contributed by atoms with van der Waals surface area (Å²) in [5.74, 6) is -0.0254. The van der Waals surface area contributed by atoms with Gasteiger partial charge in [-0.3, -0.25) is 4.68 Å². The fourth-order valence-corrected chi connectivity index (χ4v) is 4.35. The highest BCUT2D eigenvalue weighted by Gasteiger charge is 2.33. The first-order valence-electron chi connectivity index (χ1n) is 6.28. The number of hydrogen-bond acceptors (Lipinski definition) is 4. The predicted octanol–water partition coefficient (Wildman–Crippen LogP) is 0.961. The van der Waals surface area contributed by atoms with Crippen LogP contribution >= 0.6 is 0 Å². The SMILES string of the molecule is Cc1nn(C)c(C)c1S(=O)(=O)N1CCC(C#N)CC1. The molecule has 1 aromatic heterocycles. The van der Waals surface area contributed by atoms with Crippen LogP contribution in [0.5, 0.6) is 0 Å². The summed E-state index contributed by atoms with van der Waals surface area (Å²) in [6.45, 7) is 4.29. The Bertz CT molecular complexity index is 619. The summed E-state index contributed by atoms with van der Waals surface area (Å²) < 4.78 is 28.3. The number of sulfonamides is 1. The summed E-state index contributed by atoms with van der Waals surface area (Å²) >= 11 is 0. The second kappa shape index (κ2) is 4.94. The molecular weight excluding hydrogens is 264 g/mol. The molecule has 0 aromatic carbocycles. The minimum absolute atomic E-state index is 0.0254. The molecule has 0 N–H and O–H groups in total. The Morgan fingerprint density at radius 2 is 1.89 bits per heavy atom. The van der Waals surface area contributed by atoms with Crippen molar-refractivity contribution in [1.29, 1.82) is 5.26 Å². The predicted molar refractivity (Wildman–Crippen MR) is 69.8 cm³/mol. The van der Waals surface area contributed by atoms with Gasteiger partial charge in [0, 0.05) is 26.1 Å². The molecule has 7 heteroatoms. The third kappa shape index (κ3) is 2.38. The van der Waals surface area contributed by atoms with Crippen LogP contribution in [0.2, 0.25) is 0 Å². The third-order valence-corrected chi connectivity index (χ3v) is 5.83. The lowest BCUT2D eigenvalue weighted by Gasteiger charge is -2.28. The highest BCUT2D eigenvalue weighted by Crippen LogP contribution is 2.27. The van der Waals surface area contributed by atoms with E-state index >= 15 is 0 Å². The Morgan fingerprint density at radius 3 is 2.32 bits per heavy atom. The third-order valence-electron chi connectivity index (χ3n) is 3.68. The molecule has 0 radical (unpaired) electrons. The smallest absolute Gasteiger partial charge is 0.246 e. The van der Waals surface area contributed by atoms with E-state index in [1.54, 1.807) is 25.6 Å². The van der Waals surface area contributed by atoms with E-state index in [0.29, 0.717) is 42.2 Å². The van der Waals surface area contributed by atoms with Gasteiger partial charge in [0.1, 0.15) is 4.90 Å². The number of rotatable bonds is 2. The summed E-state index contributed by atoms with van der Waals surface area (Å²) in [7, 11) is -1.75. The van der Waals surface area contributed by atoms with Crippen LogP contribution in [0.1, 0.15) is 24.2 Å². The monoisotopic (exact) mass is 282 g/mol. The molecule has 1 aromatic rings. The highest BCUT2D eigenvalue weighted by atomic mass is 32.2. The Balaban J connectivity index is 2.32. The van der Waals surface area contributed by atoms with Crippen molar-refractivity contribution < 1.29 is 8.42 Å². The Labute approximate surface area is 113 Å². The number of nitriles is 1. The minimum Gasteiger partial charge on any atom is -0.271 e. The van der Waals surface area contributed by atoms with E-state index in [1.165, 1.54) is 4.31 Å². The molecule has 2 rings (SSSR count). The van der Waals surface area contributed by atoms with E-state index in [0.717, 1.165) is 0 Å². The molecular formula is C12H18N4O2S.